The zero-order valence-electron chi connectivity index (χ0n) is 12.7. The van der Waals surface area contributed by atoms with E-state index in [-0.39, 0.29) is 0 Å². The molecule has 1 heterocycles. The third kappa shape index (κ3) is 4.44. The molecule has 0 saturated carbocycles. The van der Waals surface area contributed by atoms with E-state index in [0.717, 1.165) is 23.5 Å². The second kappa shape index (κ2) is 7.79. The van der Waals surface area contributed by atoms with Gasteiger partial charge in [0.1, 0.15) is 12.4 Å². The molecular weight excluding hydrogens is 288 g/mol. The highest BCUT2D eigenvalue weighted by Crippen LogP contribution is 2.16. The predicted octanol–water partition coefficient (Wildman–Crippen LogP) is 3.41. The van der Waals surface area contributed by atoms with Crippen LogP contribution in [0.1, 0.15) is 5.56 Å². The highest BCUT2D eigenvalue weighted by atomic mass is 16.5. The van der Waals surface area contributed by atoms with E-state index in [1.165, 1.54) is 0 Å². The molecule has 0 amide bonds. The van der Waals surface area contributed by atoms with Crippen LogP contribution in [0.4, 0.5) is 5.69 Å². The van der Waals surface area contributed by atoms with E-state index in [1.807, 2.05) is 65.4 Å². The zero-order chi connectivity index (χ0) is 15.7. The first kappa shape index (κ1) is 14.8. The summed E-state index contributed by atoms with van der Waals surface area (Å²) in [6.45, 7) is 1.33. The van der Waals surface area contributed by atoms with Crippen molar-refractivity contribution in [2.45, 2.75) is 6.54 Å². The van der Waals surface area contributed by atoms with E-state index in [2.05, 4.69) is 15.5 Å². The summed E-state index contributed by atoms with van der Waals surface area (Å²) in [6.07, 6.45) is 7.22. The van der Waals surface area contributed by atoms with Crippen molar-refractivity contribution in [3.05, 3.63) is 78.9 Å². The summed E-state index contributed by atoms with van der Waals surface area (Å²) in [5.74, 6) is 0.811. The number of hydrazone groups is 1. The van der Waals surface area contributed by atoms with Crippen LogP contribution in [0.2, 0.25) is 0 Å². The number of anilines is 1. The lowest BCUT2D eigenvalue weighted by atomic mass is 10.2. The number of hydrogen-bond donors (Lipinski definition) is 1. The molecule has 116 valence electrons. The Morgan fingerprint density at radius 1 is 1.09 bits per heavy atom. The largest absolute Gasteiger partial charge is 0.491 e. The van der Waals surface area contributed by atoms with Crippen LogP contribution in [-0.2, 0) is 6.54 Å². The fourth-order valence-electron chi connectivity index (χ4n) is 2.09. The first-order valence-electron chi connectivity index (χ1n) is 7.43. The molecule has 0 atom stereocenters. The molecular formula is C18H18N4O. The summed E-state index contributed by atoms with van der Waals surface area (Å²) in [7, 11) is 0. The maximum atomic E-state index is 5.85. The number of nitrogens with zero attached hydrogens (tertiary/aromatic N) is 3. The standard InChI is InChI=1S/C18H18N4O/c1-2-7-17(8-3-1)21-20-14-16-6-4-5-9-18(16)23-13-12-22-11-10-19-15-22/h1-11,14-15,21H,12-13H2. The summed E-state index contributed by atoms with van der Waals surface area (Å²) in [5, 5.41) is 4.26. The van der Waals surface area contributed by atoms with Crippen molar-refractivity contribution in [1.82, 2.24) is 9.55 Å². The van der Waals surface area contributed by atoms with Crippen LogP contribution in [0.25, 0.3) is 0 Å². The second-order valence-corrected chi connectivity index (χ2v) is 4.92. The Bertz CT molecular complexity index is 739. The van der Waals surface area contributed by atoms with Gasteiger partial charge in [-0.3, -0.25) is 5.43 Å². The monoisotopic (exact) mass is 306 g/mol. The van der Waals surface area contributed by atoms with Crippen LogP contribution in [0.3, 0.4) is 0 Å². The zero-order valence-corrected chi connectivity index (χ0v) is 12.7. The maximum Gasteiger partial charge on any atom is 0.128 e. The molecule has 0 unspecified atom stereocenters. The number of rotatable bonds is 7. The summed E-state index contributed by atoms with van der Waals surface area (Å²) in [6, 6.07) is 17.7. The SMILES string of the molecule is C(=NNc1ccccc1)c1ccccc1OCCn1ccnc1. The van der Waals surface area contributed by atoms with Gasteiger partial charge in [-0.2, -0.15) is 5.10 Å². The van der Waals surface area contributed by atoms with Gasteiger partial charge in [0.25, 0.3) is 0 Å². The van der Waals surface area contributed by atoms with Crippen LogP contribution in [-0.4, -0.2) is 22.4 Å². The van der Waals surface area contributed by atoms with E-state index in [1.54, 1.807) is 18.7 Å². The average molecular weight is 306 g/mol. The summed E-state index contributed by atoms with van der Waals surface area (Å²) in [4.78, 5) is 4.01. The van der Waals surface area contributed by atoms with Crippen molar-refractivity contribution >= 4 is 11.9 Å². The molecule has 2 aromatic carbocycles. The lowest BCUT2D eigenvalue weighted by molar-refractivity contribution is 0.298. The summed E-state index contributed by atoms with van der Waals surface area (Å²) < 4.78 is 7.83. The molecule has 1 aromatic heterocycles. The molecule has 5 nitrogen and oxygen atoms in total. The van der Waals surface area contributed by atoms with Gasteiger partial charge in [0.15, 0.2) is 0 Å². The molecule has 23 heavy (non-hydrogen) atoms. The Morgan fingerprint density at radius 3 is 2.74 bits per heavy atom. The molecule has 3 rings (SSSR count). The molecule has 0 aliphatic heterocycles. The minimum atomic E-state index is 0.577. The first-order valence-corrected chi connectivity index (χ1v) is 7.43. The van der Waals surface area contributed by atoms with Gasteiger partial charge < -0.3 is 9.30 Å². The van der Waals surface area contributed by atoms with E-state index in [9.17, 15) is 0 Å². The minimum absolute atomic E-state index is 0.577. The third-order valence-electron chi connectivity index (χ3n) is 3.26. The molecule has 0 radical (unpaired) electrons. The van der Waals surface area contributed by atoms with E-state index in [4.69, 9.17) is 4.74 Å². The van der Waals surface area contributed by atoms with Gasteiger partial charge in [-0.15, -0.1) is 0 Å². The van der Waals surface area contributed by atoms with Crippen molar-refractivity contribution in [2.24, 2.45) is 5.10 Å². The fraction of sp³-hybridized carbons (Fsp3) is 0.111. The van der Waals surface area contributed by atoms with Crippen molar-refractivity contribution in [1.29, 1.82) is 0 Å². The normalized spacial score (nSPS) is 10.8. The van der Waals surface area contributed by atoms with Gasteiger partial charge >= 0.3 is 0 Å². The fourth-order valence-corrected chi connectivity index (χ4v) is 2.09. The quantitative estimate of drug-likeness (QED) is 0.537. The van der Waals surface area contributed by atoms with Crippen LogP contribution in [0, 0.1) is 0 Å². The second-order valence-electron chi connectivity index (χ2n) is 4.92. The van der Waals surface area contributed by atoms with Gasteiger partial charge in [0.05, 0.1) is 24.8 Å². The molecule has 5 heteroatoms. The van der Waals surface area contributed by atoms with Gasteiger partial charge in [-0.25, -0.2) is 4.98 Å². The highest BCUT2D eigenvalue weighted by molar-refractivity contribution is 5.83. The Labute approximate surface area is 135 Å². The summed E-state index contributed by atoms with van der Waals surface area (Å²) >= 11 is 0. The third-order valence-corrected chi connectivity index (χ3v) is 3.26. The van der Waals surface area contributed by atoms with Crippen molar-refractivity contribution in [3.8, 4) is 5.75 Å². The minimum Gasteiger partial charge on any atom is -0.491 e. The number of hydrogen-bond acceptors (Lipinski definition) is 4. The first-order chi connectivity index (χ1) is 11.4. The van der Waals surface area contributed by atoms with Crippen molar-refractivity contribution in [2.75, 3.05) is 12.0 Å². The van der Waals surface area contributed by atoms with Gasteiger partial charge in [0, 0.05) is 18.0 Å². The van der Waals surface area contributed by atoms with E-state index in [0.29, 0.717) is 6.61 Å². The lowest BCUT2D eigenvalue weighted by Gasteiger charge is -2.09. The summed E-state index contributed by atoms with van der Waals surface area (Å²) in [5.41, 5.74) is 4.88. The van der Waals surface area contributed by atoms with Crippen LogP contribution in [0.5, 0.6) is 5.75 Å². The van der Waals surface area contributed by atoms with Gasteiger partial charge in [-0.1, -0.05) is 30.3 Å². The van der Waals surface area contributed by atoms with Gasteiger partial charge in [-0.05, 0) is 24.3 Å². The Hall–Kier alpha value is -3.08. The number of aromatic nitrogens is 2. The topological polar surface area (TPSA) is 51.4 Å². The van der Waals surface area contributed by atoms with Crippen molar-refractivity contribution < 1.29 is 4.74 Å². The Kier molecular flexibility index (Phi) is 5.03. The molecule has 3 aromatic rings. The average Bonchev–Trinajstić information content (AvgIpc) is 3.11. The van der Waals surface area contributed by atoms with Gasteiger partial charge in [0.2, 0.25) is 0 Å². The molecule has 0 bridgehead atoms. The smallest absolute Gasteiger partial charge is 0.128 e. The van der Waals surface area contributed by atoms with Crippen LogP contribution < -0.4 is 10.2 Å². The highest BCUT2D eigenvalue weighted by Gasteiger charge is 2.00. The van der Waals surface area contributed by atoms with Crippen LogP contribution >= 0.6 is 0 Å². The number of benzene rings is 2. The molecule has 0 spiro atoms. The Morgan fingerprint density at radius 2 is 1.91 bits per heavy atom. The number of nitrogens with one attached hydrogen (secondary N) is 1. The predicted molar refractivity (Wildman–Crippen MR) is 91.8 cm³/mol. The number of imidazole rings is 1. The molecule has 0 aliphatic rings. The number of ether oxygens (including phenoxy) is 1. The lowest BCUT2D eigenvalue weighted by Crippen LogP contribution is -2.07. The van der Waals surface area contributed by atoms with Crippen molar-refractivity contribution in [3.63, 3.8) is 0 Å². The molecule has 0 aliphatic carbocycles. The molecule has 1 N–H and O–H groups in total. The number of para-hydroxylation sites is 2. The van der Waals surface area contributed by atoms with E-state index >= 15 is 0 Å². The maximum absolute atomic E-state index is 5.85. The Balaban J connectivity index is 1.58. The molecule has 0 fully saturated rings. The van der Waals surface area contributed by atoms with Crippen LogP contribution in [0.15, 0.2) is 78.4 Å². The molecule has 0 saturated heterocycles. The van der Waals surface area contributed by atoms with E-state index < -0.39 is 0 Å².